The molecule has 1 saturated heterocycles. The van der Waals surface area contributed by atoms with Crippen molar-refractivity contribution in [2.24, 2.45) is 5.92 Å². The van der Waals surface area contributed by atoms with Crippen LogP contribution >= 0.6 is 0 Å². The number of hydrogen-bond acceptors (Lipinski definition) is 7. The quantitative estimate of drug-likeness (QED) is 0.500. The van der Waals surface area contributed by atoms with Crippen LogP contribution in [0, 0.1) is 11.7 Å². The van der Waals surface area contributed by atoms with Gasteiger partial charge in [-0.15, -0.1) is 0 Å². The van der Waals surface area contributed by atoms with Gasteiger partial charge in [-0.2, -0.15) is 0 Å². The van der Waals surface area contributed by atoms with E-state index in [-0.39, 0.29) is 23.7 Å². The summed E-state index contributed by atoms with van der Waals surface area (Å²) in [6, 6.07) is 11.5. The molecule has 1 unspecified atom stereocenters. The van der Waals surface area contributed by atoms with Gasteiger partial charge in [-0.1, -0.05) is 32.0 Å². The van der Waals surface area contributed by atoms with Crippen LogP contribution in [-0.2, 0) is 35.0 Å². The summed E-state index contributed by atoms with van der Waals surface area (Å²) in [4.78, 5) is 35.1. The summed E-state index contributed by atoms with van der Waals surface area (Å²) >= 11 is 0. The van der Waals surface area contributed by atoms with Crippen LogP contribution in [0.2, 0.25) is 0 Å². The van der Waals surface area contributed by atoms with E-state index in [1.54, 1.807) is 24.3 Å². The second-order valence-corrected chi connectivity index (χ2v) is 9.14. The highest BCUT2D eigenvalue weighted by molar-refractivity contribution is 5.73. The highest BCUT2D eigenvalue weighted by Gasteiger charge is 2.48. The summed E-state index contributed by atoms with van der Waals surface area (Å²) in [5.41, 5.74) is 2.24. The van der Waals surface area contributed by atoms with Gasteiger partial charge in [-0.05, 0) is 53.8 Å². The summed E-state index contributed by atoms with van der Waals surface area (Å²) in [5.74, 6) is -1.42. The van der Waals surface area contributed by atoms with E-state index < -0.39 is 30.4 Å². The highest BCUT2D eigenvalue weighted by atomic mass is 19.1. The Hall–Kier alpha value is -3.46. The van der Waals surface area contributed by atoms with Crippen LogP contribution in [0.3, 0.4) is 0 Å². The summed E-state index contributed by atoms with van der Waals surface area (Å²) in [5, 5.41) is 2.77. The first-order chi connectivity index (χ1) is 17.6. The van der Waals surface area contributed by atoms with Gasteiger partial charge in [-0.25, -0.2) is 4.39 Å². The van der Waals surface area contributed by atoms with Gasteiger partial charge in [0.15, 0.2) is 0 Å². The molecule has 9 heteroatoms. The van der Waals surface area contributed by atoms with Gasteiger partial charge >= 0.3 is 11.9 Å². The summed E-state index contributed by atoms with van der Waals surface area (Å²) in [7, 11) is 0. The molecule has 5 atom stereocenters. The van der Waals surface area contributed by atoms with Crippen molar-refractivity contribution >= 4 is 17.8 Å². The fourth-order valence-electron chi connectivity index (χ4n) is 4.56. The number of nitrogens with one attached hydrogen (secondary N) is 1. The molecule has 8 nitrogen and oxygen atoms in total. The molecule has 0 bridgehead atoms. The number of esters is 2. The molecule has 2 aromatic rings. The molecule has 1 aliphatic rings. The average molecular weight is 516 g/mol. The second kappa shape index (κ2) is 12.7. The van der Waals surface area contributed by atoms with E-state index in [0.29, 0.717) is 30.7 Å². The molecule has 2 aromatic carbocycles. The van der Waals surface area contributed by atoms with Crippen LogP contribution < -0.4 is 10.1 Å². The Morgan fingerprint density at radius 3 is 2.32 bits per heavy atom. The van der Waals surface area contributed by atoms with E-state index in [2.05, 4.69) is 5.32 Å². The van der Waals surface area contributed by atoms with E-state index in [1.165, 1.54) is 32.9 Å². The molecule has 0 spiro atoms. The number of carbonyl (C=O) groups excluding carboxylic acids is 3. The predicted molar refractivity (Wildman–Crippen MR) is 134 cm³/mol. The Morgan fingerprint density at radius 2 is 1.70 bits per heavy atom. The van der Waals surface area contributed by atoms with Crippen molar-refractivity contribution in [1.29, 1.82) is 0 Å². The lowest BCUT2D eigenvalue weighted by molar-refractivity contribution is -0.266. The first kappa shape index (κ1) is 28.1. The lowest BCUT2D eigenvalue weighted by Crippen LogP contribution is -2.58. The van der Waals surface area contributed by atoms with Gasteiger partial charge < -0.3 is 24.3 Å². The maximum atomic E-state index is 14.1. The molecule has 1 heterocycles. The number of amides is 1. The van der Waals surface area contributed by atoms with Crippen LogP contribution in [0.4, 0.5) is 4.39 Å². The van der Waals surface area contributed by atoms with Crippen LogP contribution in [0.5, 0.6) is 5.75 Å². The summed E-state index contributed by atoms with van der Waals surface area (Å²) < 4.78 is 37.5. The number of benzene rings is 2. The van der Waals surface area contributed by atoms with Crippen molar-refractivity contribution in [2.45, 2.75) is 72.1 Å². The molecule has 0 saturated carbocycles. The molecular formula is C28H34FNO7. The molecule has 1 aliphatic heterocycles. The topological polar surface area (TPSA) is 100 Å². The molecule has 1 N–H and O–H groups in total. The van der Waals surface area contributed by atoms with Crippen molar-refractivity contribution in [2.75, 3.05) is 6.54 Å². The standard InChI is InChI=1S/C28H34FNO7/c1-6-25-16(2)26(34-18(4)32)27(35-19(5)33)28(37-25)36-23-11-10-20(12-13-30-17(3)31)24(15-23)21-8-7-9-22(29)14-21/h7-11,14-16,25-28H,6,12-13H2,1-5H3,(H,30,31)/t16-,25-,26+,27-,28?/m1/s1. The van der Waals surface area contributed by atoms with E-state index in [0.717, 1.165) is 11.1 Å². The zero-order chi connectivity index (χ0) is 27.1. The summed E-state index contributed by atoms with van der Waals surface area (Å²) in [6.07, 6.45) is -1.95. The lowest BCUT2D eigenvalue weighted by atomic mass is 9.89. The van der Waals surface area contributed by atoms with Crippen LogP contribution in [-0.4, -0.2) is 49.0 Å². The van der Waals surface area contributed by atoms with E-state index in [9.17, 15) is 18.8 Å². The summed E-state index contributed by atoms with van der Waals surface area (Å²) in [6.45, 7) is 8.25. The maximum absolute atomic E-state index is 14.1. The Bertz CT molecular complexity index is 1120. The van der Waals surface area contributed by atoms with Crippen LogP contribution in [0.15, 0.2) is 42.5 Å². The average Bonchev–Trinajstić information content (AvgIpc) is 2.83. The number of ether oxygens (including phenoxy) is 4. The van der Waals surface area contributed by atoms with Gasteiger partial charge in [0.05, 0.1) is 6.10 Å². The van der Waals surface area contributed by atoms with Crippen molar-refractivity contribution in [1.82, 2.24) is 5.32 Å². The molecule has 1 amide bonds. The lowest BCUT2D eigenvalue weighted by Gasteiger charge is -2.43. The zero-order valence-electron chi connectivity index (χ0n) is 21.8. The predicted octanol–water partition coefficient (Wildman–Crippen LogP) is 4.18. The molecule has 1 fully saturated rings. The Labute approximate surface area is 216 Å². The third-order valence-electron chi connectivity index (χ3n) is 6.25. The second-order valence-electron chi connectivity index (χ2n) is 9.14. The zero-order valence-corrected chi connectivity index (χ0v) is 21.8. The SMILES string of the molecule is CC[C@H]1OC(Oc2ccc(CCNC(C)=O)c(-c3cccc(F)c3)c2)[C@H](OC(C)=O)[C@@H](OC(C)=O)[C@@H]1C. The normalized spacial score (nSPS) is 23.1. The van der Waals surface area contributed by atoms with Crippen LogP contribution in [0.1, 0.15) is 46.6 Å². The van der Waals surface area contributed by atoms with E-state index in [4.69, 9.17) is 18.9 Å². The Balaban J connectivity index is 1.96. The Morgan fingerprint density at radius 1 is 1.00 bits per heavy atom. The van der Waals surface area contributed by atoms with Crippen molar-refractivity contribution in [3.63, 3.8) is 0 Å². The van der Waals surface area contributed by atoms with Gasteiger partial charge in [0, 0.05) is 33.2 Å². The van der Waals surface area contributed by atoms with Gasteiger partial charge in [-0.3, -0.25) is 14.4 Å². The molecule has 0 radical (unpaired) electrons. The Kier molecular flexibility index (Phi) is 9.63. The van der Waals surface area contributed by atoms with E-state index >= 15 is 0 Å². The fraction of sp³-hybridized carbons (Fsp3) is 0.464. The minimum atomic E-state index is -1.04. The smallest absolute Gasteiger partial charge is 0.303 e. The van der Waals surface area contributed by atoms with Gasteiger partial charge in [0.25, 0.3) is 0 Å². The largest absolute Gasteiger partial charge is 0.461 e. The van der Waals surface area contributed by atoms with Gasteiger partial charge in [0.1, 0.15) is 17.7 Å². The molecule has 0 aromatic heterocycles. The highest BCUT2D eigenvalue weighted by Crippen LogP contribution is 2.35. The minimum Gasteiger partial charge on any atom is -0.461 e. The third kappa shape index (κ3) is 7.52. The molecule has 0 aliphatic carbocycles. The van der Waals surface area contributed by atoms with Crippen molar-refractivity contribution in [3.05, 3.63) is 53.8 Å². The monoisotopic (exact) mass is 515 g/mol. The van der Waals surface area contributed by atoms with Gasteiger partial charge in [0.2, 0.25) is 18.3 Å². The molecule has 37 heavy (non-hydrogen) atoms. The molecular weight excluding hydrogens is 481 g/mol. The number of halogens is 1. The fourth-order valence-corrected chi connectivity index (χ4v) is 4.56. The first-order valence-corrected chi connectivity index (χ1v) is 12.4. The molecule has 200 valence electrons. The number of rotatable bonds is 9. The third-order valence-corrected chi connectivity index (χ3v) is 6.25. The number of carbonyl (C=O) groups is 3. The molecule has 3 rings (SSSR count). The minimum absolute atomic E-state index is 0.139. The van der Waals surface area contributed by atoms with E-state index in [1.807, 2.05) is 19.9 Å². The first-order valence-electron chi connectivity index (χ1n) is 12.4. The number of hydrogen-bond donors (Lipinski definition) is 1. The van der Waals surface area contributed by atoms with Crippen molar-refractivity contribution in [3.8, 4) is 16.9 Å². The van der Waals surface area contributed by atoms with Crippen molar-refractivity contribution < 1.29 is 37.7 Å². The van der Waals surface area contributed by atoms with Crippen LogP contribution in [0.25, 0.3) is 11.1 Å². The maximum Gasteiger partial charge on any atom is 0.303 e.